The minimum Gasteiger partial charge on any atom is -0.392 e. The fourth-order valence-corrected chi connectivity index (χ4v) is 3.26. The third kappa shape index (κ3) is 0.703. The Kier molecular flexibility index (Phi) is 1.33. The number of carbonyl (C=O) groups excluding carboxylic acids is 2. The molecular weight excluding hydrogens is 180 g/mol. The molecule has 0 N–H and O–H groups in total. The molecule has 3 aliphatic carbocycles. The van der Waals surface area contributed by atoms with Gasteiger partial charge in [0.25, 0.3) is 0 Å². The van der Waals surface area contributed by atoms with E-state index < -0.39 is 5.41 Å². The van der Waals surface area contributed by atoms with Gasteiger partial charge < -0.3 is 4.74 Å². The van der Waals surface area contributed by atoms with Crippen LogP contribution in [0.5, 0.6) is 0 Å². The van der Waals surface area contributed by atoms with Crippen LogP contribution in [-0.4, -0.2) is 11.9 Å². The second-order valence-electron chi connectivity index (χ2n) is 4.70. The van der Waals surface area contributed by atoms with Gasteiger partial charge in [0, 0.05) is 0 Å². The van der Waals surface area contributed by atoms with Crippen LogP contribution in [0.3, 0.4) is 0 Å². The molecule has 0 amide bonds. The number of carbonyl (C=O) groups is 2. The van der Waals surface area contributed by atoms with E-state index >= 15 is 0 Å². The van der Waals surface area contributed by atoms with Crippen LogP contribution in [-0.2, 0) is 14.3 Å². The van der Waals surface area contributed by atoms with Crippen LogP contribution in [0.15, 0.2) is 12.2 Å². The molecule has 74 valence electrons. The summed E-state index contributed by atoms with van der Waals surface area (Å²) >= 11 is 0. The van der Waals surface area contributed by atoms with E-state index in [-0.39, 0.29) is 29.7 Å². The minimum absolute atomic E-state index is 0.205. The number of fused-ring (bicyclic) bond motifs is 1. The molecule has 0 aromatic heterocycles. The summed E-state index contributed by atoms with van der Waals surface area (Å²) in [6, 6.07) is 0. The maximum Gasteiger partial charge on any atom is 0.320 e. The van der Waals surface area contributed by atoms with E-state index in [0.29, 0.717) is 0 Å². The van der Waals surface area contributed by atoms with Crippen LogP contribution in [0.4, 0.5) is 0 Å². The van der Waals surface area contributed by atoms with Crippen LogP contribution in [0, 0.1) is 23.2 Å². The lowest BCUT2D eigenvalue weighted by molar-refractivity contribution is -0.155. The zero-order chi connectivity index (χ0) is 9.92. The topological polar surface area (TPSA) is 43.4 Å². The molecule has 4 rings (SSSR count). The van der Waals surface area contributed by atoms with Gasteiger partial charge in [0.15, 0.2) is 0 Å². The van der Waals surface area contributed by atoms with E-state index in [1.165, 1.54) is 0 Å². The van der Waals surface area contributed by atoms with Crippen LogP contribution in [0.2, 0.25) is 0 Å². The Balaban J connectivity index is 2.16. The lowest BCUT2D eigenvalue weighted by Gasteiger charge is -2.44. The van der Waals surface area contributed by atoms with Crippen molar-refractivity contribution < 1.29 is 14.3 Å². The highest BCUT2D eigenvalue weighted by Gasteiger charge is 2.63. The molecule has 1 aliphatic heterocycles. The Morgan fingerprint density at radius 3 is 2.71 bits per heavy atom. The van der Waals surface area contributed by atoms with Gasteiger partial charge in [-0.3, -0.25) is 9.59 Å². The molecule has 1 heterocycles. The molecular formula is C11H12O3. The van der Waals surface area contributed by atoms with Gasteiger partial charge in [0.05, 0.1) is 11.3 Å². The highest BCUT2D eigenvalue weighted by Crippen LogP contribution is 2.56. The Bertz CT molecular complexity index is 358. The fraction of sp³-hybridized carbons (Fsp3) is 0.636. The number of hydrogen-bond acceptors (Lipinski definition) is 3. The molecule has 14 heavy (non-hydrogen) atoms. The molecule has 2 bridgehead atoms. The highest BCUT2D eigenvalue weighted by atomic mass is 16.6. The van der Waals surface area contributed by atoms with Crippen molar-refractivity contribution in [2.45, 2.75) is 19.8 Å². The summed E-state index contributed by atoms with van der Waals surface area (Å²) in [6.07, 6.45) is 6.20. The number of esters is 2. The van der Waals surface area contributed by atoms with Crippen LogP contribution in [0.25, 0.3) is 0 Å². The first-order chi connectivity index (χ1) is 6.64. The summed E-state index contributed by atoms with van der Waals surface area (Å²) in [5, 5.41) is 0. The van der Waals surface area contributed by atoms with Gasteiger partial charge in [-0.15, -0.1) is 0 Å². The molecule has 1 saturated heterocycles. The Morgan fingerprint density at radius 1 is 1.36 bits per heavy atom. The smallest absolute Gasteiger partial charge is 0.320 e. The van der Waals surface area contributed by atoms with Crippen LogP contribution >= 0.6 is 0 Å². The summed E-state index contributed by atoms with van der Waals surface area (Å²) in [5.74, 6) is -0.401. The van der Waals surface area contributed by atoms with Crippen molar-refractivity contribution >= 4 is 11.9 Å². The standard InChI is InChI=1S/C11H12O3/c1-11-7-4-2-6(3-5-7)8(11)9(12)14-10(11)13/h2,4,6-8H,3,5H2,1H3/t6?,7?,8-,11-/m1/s1. The van der Waals surface area contributed by atoms with Crippen molar-refractivity contribution in [1.29, 1.82) is 0 Å². The van der Waals surface area contributed by atoms with E-state index in [1.807, 2.05) is 6.92 Å². The molecule has 2 unspecified atom stereocenters. The van der Waals surface area contributed by atoms with Gasteiger partial charge in [-0.1, -0.05) is 12.2 Å². The third-order valence-corrected chi connectivity index (χ3v) is 4.13. The van der Waals surface area contributed by atoms with Crippen molar-refractivity contribution in [2.24, 2.45) is 23.2 Å². The first-order valence-electron chi connectivity index (χ1n) is 5.08. The van der Waals surface area contributed by atoms with Gasteiger partial charge in [-0.25, -0.2) is 0 Å². The summed E-state index contributed by atoms with van der Waals surface area (Å²) in [6.45, 7) is 1.88. The Hall–Kier alpha value is -1.12. The largest absolute Gasteiger partial charge is 0.392 e. The van der Waals surface area contributed by atoms with Gasteiger partial charge in [-0.2, -0.15) is 0 Å². The predicted molar refractivity (Wildman–Crippen MR) is 48.1 cm³/mol. The molecule has 3 heteroatoms. The summed E-state index contributed by atoms with van der Waals surface area (Å²) in [4.78, 5) is 23.2. The van der Waals surface area contributed by atoms with Crippen LogP contribution < -0.4 is 0 Å². The number of cyclic esters (lactones) is 2. The molecule has 3 nitrogen and oxygen atoms in total. The van der Waals surface area contributed by atoms with Gasteiger partial charge in [-0.05, 0) is 31.6 Å². The Morgan fingerprint density at radius 2 is 2.14 bits per heavy atom. The SMILES string of the molecule is C[C@]12C(=O)OC(=O)[C@H]1C1C=CC2CC1. The monoisotopic (exact) mass is 192 g/mol. The second-order valence-corrected chi connectivity index (χ2v) is 4.70. The van der Waals surface area contributed by atoms with E-state index in [9.17, 15) is 9.59 Å². The maximum atomic E-state index is 11.7. The first-order valence-corrected chi connectivity index (χ1v) is 5.08. The summed E-state index contributed by atoms with van der Waals surface area (Å²) in [5.41, 5.74) is -0.561. The third-order valence-electron chi connectivity index (χ3n) is 4.13. The number of allylic oxidation sites excluding steroid dienone is 2. The van der Waals surface area contributed by atoms with E-state index in [1.54, 1.807) is 0 Å². The van der Waals surface area contributed by atoms with E-state index in [4.69, 9.17) is 4.74 Å². The predicted octanol–water partition coefficient (Wildman–Crippen LogP) is 1.29. The molecule has 4 atom stereocenters. The average Bonchev–Trinajstić information content (AvgIpc) is 2.42. The first kappa shape index (κ1) is 8.21. The van der Waals surface area contributed by atoms with Crippen molar-refractivity contribution in [3.05, 3.63) is 12.2 Å². The molecule has 4 aliphatic rings. The maximum absolute atomic E-state index is 11.7. The lowest BCUT2D eigenvalue weighted by Crippen LogP contribution is -2.47. The summed E-state index contributed by atoms with van der Waals surface area (Å²) in [7, 11) is 0. The quantitative estimate of drug-likeness (QED) is 0.330. The van der Waals surface area contributed by atoms with E-state index in [2.05, 4.69) is 12.2 Å². The molecule has 0 radical (unpaired) electrons. The van der Waals surface area contributed by atoms with Crippen molar-refractivity contribution in [3.63, 3.8) is 0 Å². The van der Waals surface area contributed by atoms with Crippen molar-refractivity contribution in [3.8, 4) is 0 Å². The Labute approximate surface area is 82.1 Å². The molecule has 0 spiro atoms. The zero-order valence-corrected chi connectivity index (χ0v) is 8.03. The van der Waals surface area contributed by atoms with Crippen molar-refractivity contribution in [1.82, 2.24) is 0 Å². The second kappa shape index (κ2) is 2.27. The highest BCUT2D eigenvalue weighted by molar-refractivity contribution is 6.00. The normalized spacial score (nSPS) is 49.4. The fourth-order valence-electron chi connectivity index (χ4n) is 3.26. The van der Waals surface area contributed by atoms with Gasteiger partial charge in [0.1, 0.15) is 0 Å². The van der Waals surface area contributed by atoms with Gasteiger partial charge >= 0.3 is 11.9 Å². The molecule has 0 aromatic carbocycles. The lowest BCUT2D eigenvalue weighted by atomic mass is 9.55. The van der Waals surface area contributed by atoms with Gasteiger partial charge in [0.2, 0.25) is 0 Å². The molecule has 2 fully saturated rings. The average molecular weight is 192 g/mol. The number of rotatable bonds is 0. The molecule has 1 saturated carbocycles. The number of hydrogen-bond donors (Lipinski definition) is 0. The zero-order valence-electron chi connectivity index (χ0n) is 8.03. The number of ether oxygens (including phenoxy) is 1. The summed E-state index contributed by atoms with van der Waals surface area (Å²) < 4.78 is 4.77. The molecule has 0 aromatic rings. The van der Waals surface area contributed by atoms with Crippen LogP contribution in [0.1, 0.15) is 19.8 Å². The van der Waals surface area contributed by atoms with E-state index in [0.717, 1.165) is 12.8 Å². The van der Waals surface area contributed by atoms with Crippen molar-refractivity contribution in [2.75, 3.05) is 0 Å². The minimum atomic E-state index is -0.561.